The molecule has 1 saturated heterocycles. The van der Waals surface area contributed by atoms with Crippen molar-refractivity contribution in [3.05, 3.63) is 11.8 Å². The first kappa shape index (κ1) is 22.0. The summed E-state index contributed by atoms with van der Waals surface area (Å²) in [5, 5.41) is 7.00. The monoisotopic (exact) mass is 442 g/mol. The second kappa shape index (κ2) is 8.70. The highest BCUT2D eigenvalue weighted by atomic mass is 19.4. The van der Waals surface area contributed by atoms with Gasteiger partial charge in [-0.15, -0.1) is 0 Å². The van der Waals surface area contributed by atoms with Crippen LogP contribution in [-0.4, -0.2) is 58.5 Å². The summed E-state index contributed by atoms with van der Waals surface area (Å²) >= 11 is 0. The lowest BCUT2D eigenvalue weighted by Gasteiger charge is -2.41. The minimum atomic E-state index is -4.48. The van der Waals surface area contributed by atoms with E-state index in [0.717, 1.165) is 36.6 Å². The van der Waals surface area contributed by atoms with Crippen molar-refractivity contribution < 1.29 is 27.5 Å². The van der Waals surface area contributed by atoms with E-state index in [1.165, 1.54) is 0 Å². The number of hydrogen-bond donors (Lipinski definition) is 1. The van der Waals surface area contributed by atoms with Gasteiger partial charge in [-0.3, -0.25) is 4.79 Å². The molecule has 1 amide bonds. The van der Waals surface area contributed by atoms with E-state index < -0.39 is 24.2 Å². The van der Waals surface area contributed by atoms with Crippen LogP contribution in [0.25, 0.3) is 0 Å². The fourth-order valence-electron chi connectivity index (χ4n) is 5.21. The summed E-state index contributed by atoms with van der Waals surface area (Å²) in [7, 11) is 0. The largest absolute Gasteiger partial charge is 0.462 e. The van der Waals surface area contributed by atoms with Crippen LogP contribution in [0.15, 0.2) is 6.20 Å². The zero-order valence-electron chi connectivity index (χ0n) is 17.7. The number of fused-ring (bicyclic) bond motifs is 1. The number of halogens is 3. The number of alkyl halides is 3. The van der Waals surface area contributed by atoms with Crippen molar-refractivity contribution in [2.75, 3.05) is 25.0 Å². The SMILES string of the molecule is CCOC(=O)c1cnn2c1N[C@H](C1CCN(C(=O)C3CCCC3)CC1)C[C@@H]2C(F)(F)F. The summed E-state index contributed by atoms with van der Waals surface area (Å²) < 4.78 is 47.3. The molecule has 172 valence electrons. The topological polar surface area (TPSA) is 76.5 Å². The van der Waals surface area contributed by atoms with E-state index >= 15 is 0 Å². The highest BCUT2D eigenvalue weighted by Crippen LogP contribution is 2.43. The number of nitrogens with one attached hydrogen (secondary N) is 1. The predicted molar refractivity (Wildman–Crippen MR) is 107 cm³/mol. The van der Waals surface area contributed by atoms with Crippen molar-refractivity contribution in [1.82, 2.24) is 14.7 Å². The summed E-state index contributed by atoms with van der Waals surface area (Å²) in [5.41, 5.74) is 0.0228. The van der Waals surface area contributed by atoms with E-state index in [0.29, 0.717) is 25.9 Å². The molecule has 0 bridgehead atoms. The highest BCUT2D eigenvalue weighted by molar-refractivity contribution is 5.94. The maximum absolute atomic E-state index is 13.8. The molecule has 1 saturated carbocycles. The molecule has 1 aliphatic carbocycles. The molecule has 1 aromatic rings. The van der Waals surface area contributed by atoms with Crippen LogP contribution in [0, 0.1) is 11.8 Å². The maximum Gasteiger partial charge on any atom is 0.410 e. The van der Waals surface area contributed by atoms with Crippen LogP contribution in [0.3, 0.4) is 0 Å². The quantitative estimate of drug-likeness (QED) is 0.719. The maximum atomic E-state index is 13.8. The lowest BCUT2D eigenvalue weighted by molar-refractivity contribution is -0.174. The summed E-state index contributed by atoms with van der Waals surface area (Å²) in [6.45, 7) is 2.91. The molecular formula is C21H29F3N4O3. The van der Waals surface area contributed by atoms with Crippen LogP contribution < -0.4 is 5.32 Å². The molecule has 2 atom stereocenters. The van der Waals surface area contributed by atoms with Gasteiger partial charge in [-0.25, -0.2) is 9.48 Å². The number of piperidine rings is 1. The van der Waals surface area contributed by atoms with E-state index in [4.69, 9.17) is 4.74 Å². The Kier molecular flexibility index (Phi) is 6.16. The van der Waals surface area contributed by atoms with Gasteiger partial charge in [-0.1, -0.05) is 12.8 Å². The molecule has 7 nitrogen and oxygen atoms in total. The number of aromatic nitrogens is 2. The Morgan fingerprint density at radius 1 is 1.19 bits per heavy atom. The fourth-order valence-corrected chi connectivity index (χ4v) is 5.21. The molecule has 31 heavy (non-hydrogen) atoms. The van der Waals surface area contributed by atoms with Crippen molar-refractivity contribution in [3.8, 4) is 0 Å². The van der Waals surface area contributed by atoms with E-state index in [2.05, 4.69) is 10.4 Å². The van der Waals surface area contributed by atoms with E-state index in [1.807, 2.05) is 4.90 Å². The summed E-state index contributed by atoms with van der Waals surface area (Å²) in [6.07, 6.45) is 1.86. The van der Waals surface area contributed by atoms with Crippen LogP contribution in [0.2, 0.25) is 0 Å². The number of hydrogen-bond acceptors (Lipinski definition) is 5. The van der Waals surface area contributed by atoms with Crippen molar-refractivity contribution in [3.63, 3.8) is 0 Å². The molecule has 1 aromatic heterocycles. The Morgan fingerprint density at radius 2 is 1.87 bits per heavy atom. The molecule has 1 N–H and O–H groups in total. The first-order valence-corrected chi connectivity index (χ1v) is 11.2. The Morgan fingerprint density at radius 3 is 2.48 bits per heavy atom. The number of amides is 1. The molecule has 2 fully saturated rings. The average Bonchev–Trinajstić information content (AvgIpc) is 3.42. The van der Waals surface area contributed by atoms with Crippen LogP contribution in [0.5, 0.6) is 0 Å². The Hall–Kier alpha value is -2.26. The lowest BCUT2D eigenvalue weighted by atomic mass is 9.84. The number of rotatable bonds is 4. The fraction of sp³-hybridized carbons (Fsp3) is 0.762. The number of carbonyl (C=O) groups is 2. The molecule has 2 aliphatic heterocycles. The smallest absolute Gasteiger partial charge is 0.410 e. The van der Waals surface area contributed by atoms with Gasteiger partial charge in [0.1, 0.15) is 11.4 Å². The van der Waals surface area contributed by atoms with Crippen molar-refractivity contribution >= 4 is 17.7 Å². The second-order valence-corrected chi connectivity index (χ2v) is 8.76. The van der Waals surface area contributed by atoms with Gasteiger partial charge in [0.25, 0.3) is 0 Å². The number of esters is 1. The Balaban J connectivity index is 1.48. The summed E-state index contributed by atoms with van der Waals surface area (Å²) in [4.78, 5) is 26.8. The molecular weight excluding hydrogens is 413 g/mol. The minimum Gasteiger partial charge on any atom is -0.462 e. The second-order valence-electron chi connectivity index (χ2n) is 8.76. The average molecular weight is 442 g/mol. The highest BCUT2D eigenvalue weighted by Gasteiger charge is 2.48. The molecule has 4 rings (SSSR count). The van der Waals surface area contributed by atoms with Gasteiger partial charge in [0.05, 0.1) is 12.8 Å². The van der Waals surface area contributed by atoms with Crippen molar-refractivity contribution in [1.29, 1.82) is 0 Å². The summed E-state index contributed by atoms with van der Waals surface area (Å²) in [6, 6.07) is -2.25. The normalized spacial score (nSPS) is 25.2. The van der Waals surface area contributed by atoms with Crippen LogP contribution >= 0.6 is 0 Å². The number of ether oxygens (including phenoxy) is 1. The Bertz CT molecular complexity index is 811. The zero-order valence-corrected chi connectivity index (χ0v) is 17.7. The third-order valence-corrected chi connectivity index (χ3v) is 6.89. The van der Waals surface area contributed by atoms with Gasteiger partial charge in [0.2, 0.25) is 5.91 Å². The predicted octanol–water partition coefficient (Wildman–Crippen LogP) is 3.78. The first-order chi connectivity index (χ1) is 14.8. The zero-order chi connectivity index (χ0) is 22.2. The number of anilines is 1. The van der Waals surface area contributed by atoms with Gasteiger partial charge in [-0.2, -0.15) is 18.3 Å². The van der Waals surface area contributed by atoms with E-state index in [1.54, 1.807) is 6.92 Å². The van der Waals surface area contributed by atoms with Gasteiger partial charge < -0.3 is 15.0 Å². The molecule has 0 radical (unpaired) electrons. The first-order valence-electron chi connectivity index (χ1n) is 11.2. The van der Waals surface area contributed by atoms with Gasteiger partial charge in [0.15, 0.2) is 6.04 Å². The van der Waals surface area contributed by atoms with Gasteiger partial charge in [-0.05, 0) is 44.9 Å². The molecule has 0 unspecified atom stereocenters. The standard InChI is InChI=1S/C21H29F3N4O3/c1-2-31-20(30)15-12-25-28-17(21(22,23)24)11-16(26-18(15)28)13-7-9-27(10-8-13)19(29)14-5-3-4-6-14/h12-14,16-17,26H,2-11H2,1H3/t16-,17+/m0/s1. The lowest BCUT2D eigenvalue weighted by Crippen LogP contribution is -2.48. The van der Waals surface area contributed by atoms with Crippen molar-refractivity contribution in [2.24, 2.45) is 11.8 Å². The molecule has 3 aliphatic rings. The third kappa shape index (κ3) is 4.39. The molecule has 10 heteroatoms. The molecule has 3 heterocycles. The number of nitrogens with zero attached hydrogens (tertiary/aromatic N) is 3. The molecule has 0 aromatic carbocycles. The molecule has 0 spiro atoms. The Labute approximate surface area is 179 Å². The number of carbonyl (C=O) groups excluding carboxylic acids is 2. The third-order valence-electron chi connectivity index (χ3n) is 6.89. The minimum absolute atomic E-state index is 0.0174. The van der Waals surface area contributed by atoms with Gasteiger partial charge in [0, 0.05) is 25.0 Å². The van der Waals surface area contributed by atoms with Crippen LogP contribution in [0.1, 0.15) is 68.3 Å². The van der Waals surface area contributed by atoms with Crippen LogP contribution in [0.4, 0.5) is 19.0 Å². The van der Waals surface area contributed by atoms with Crippen LogP contribution in [-0.2, 0) is 9.53 Å². The van der Waals surface area contributed by atoms with E-state index in [9.17, 15) is 22.8 Å². The summed E-state index contributed by atoms with van der Waals surface area (Å²) in [5.74, 6) is -0.323. The number of likely N-dealkylation sites (tertiary alicyclic amines) is 1. The van der Waals surface area contributed by atoms with Gasteiger partial charge >= 0.3 is 12.1 Å². The van der Waals surface area contributed by atoms with E-state index in [-0.39, 0.29) is 42.2 Å². The van der Waals surface area contributed by atoms with Crippen molar-refractivity contribution in [2.45, 2.75) is 70.1 Å².